The van der Waals surface area contributed by atoms with Crippen molar-refractivity contribution in [2.24, 2.45) is 5.73 Å². The Morgan fingerprint density at radius 2 is 2.00 bits per heavy atom. The Hall–Kier alpha value is -1.61. The zero-order valence-corrected chi connectivity index (χ0v) is 10.4. The summed E-state index contributed by atoms with van der Waals surface area (Å²) in [6, 6.07) is 10.5. The topological polar surface area (TPSA) is 43.8 Å². The lowest BCUT2D eigenvalue weighted by atomic mass is 10.0. The van der Waals surface area contributed by atoms with Gasteiger partial charge in [-0.25, -0.2) is 0 Å². The molecule has 90 valence electrons. The van der Waals surface area contributed by atoms with E-state index in [1.54, 1.807) is 0 Å². The quantitative estimate of drug-likeness (QED) is 0.875. The van der Waals surface area contributed by atoms with Crippen molar-refractivity contribution in [2.75, 3.05) is 0 Å². The summed E-state index contributed by atoms with van der Waals surface area (Å²) in [6.45, 7) is 5.01. The fraction of sp³-hybridized carbons (Fsp3) is 0.357. The number of nitrogens with two attached hydrogens (primary N) is 1. The molecule has 0 saturated heterocycles. The molecule has 0 radical (unpaired) electrons. The van der Waals surface area contributed by atoms with Gasteiger partial charge in [0.05, 0.1) is 11.9 Å². The molecule has 2 N–H and O–H groups in total. The zero-order chi connectivity index (χ0) is 12.3. The molecule has 3 nitrogen and oxygen atoms in total. The summed E-state index contributed by atoms with van der Waals surface area (Å²) in [5, 5.41) is 4.43. The van der Waals surface area contributed by atoms with Crippen molar-refractivity contribution in [1.82, 2.24) is 9.78 Å². The van der Waals surface area contributed by atoms with E-state index in [0.29, 0.717) is 0 Å². The molecule has 1 unspecified atom stereocenters. The van der Waals surface area contributed by atoms with E-state index < -0.39 is 0 Å². The van der Waals surface area contributed by atoms with Crippen LogP contribution >= 0.6 is 0 Å². The van der Waals surface area contributed by atoms with Gasteiger partial charge in [-0.1, -0.05) is 30.3 Å². The Bertz CT molecular complexity index is 471. The van der Waals surface area contributed by atoms with Gasteiger partial charge >= 0.3 is 0 Å². The predicted octanol–water partition coefficient (Wildman–Crippen LogP) is 2.46. The molecule has 0 amide bonds. The summed E-state index contributed by atoms with van der Waals surface area (Å²) >= 11 is 0. The molecule has 0 spiro atoms. The maximum absolute atomic E-state index is 5.89. The van der Waals surface area contributed by atoms with Crippen LogP contribution in [-0.4, -0.2) is 15.8 Å². The van der Waals surface area contributed by atoms with E-state index in [1.807, 2.05) is 23.9 Å². The predicted molar refractivity (Wildman–Crippen MR) is 70.7 cm³/mol. The van der Waals surface area contributed by atoms with Crippen LogP contribution in [0.2, 0.25) is 0 Å². The molecule has 1 aromatic heterocycles. The van der Waals surface area contributed by atoms with E-state index >= 15 is 0 Å². The van der Waals surface area contributed by atoms with E-state index in [2.05, 4.69) is 36.3 Å². The highest BCUT2D eigenvalue weighted by Gasteiger charge is 2.12. The highest BCUT2D eigenvalue weighted by atomic mass is 15.3. The van der Waals surface area contributed by atoms with Crippen LogP contribution in [-0.2, 0) is 13.0 Å². The highest BCUT2D eigenvalue weighted by Crippen LogP contribution is 2.24. The van der Waals surface area contributed by atoms with E-state index in [1.165, 1.54) is 16.8 Å². The molecule has 1 heterocycles. The SMILES string of the molecule is CCn1ncc(CC(C)N)c1-c1ccccc1. The van der Waals surface area contributed by atoms with Crippen molar-refractivity contribution in [3.05, 3.63) is 42.1 Å². The summed E-state index contributed by atoms with van der Waals surface area (Å²) in [7, 11) is 0. The number of aryl methyl sites for hydroxylation is 1. The molecule has 0 bridgehead atoms. The summed E-state index contributed by atoms with van der Waals surface area (Å²) in [5.74, 6) is 0. The average molecular weight is 229 g/mol. The van der Waals surface area contributed by atoms with Crippen LogP contribution in [0.5, 0.6) is 0 Å². The van der Waals surface area contributed by atoms with Gasteiger partial charge in [0.2, 0.25) is 0 Å². The normalized spacial score (nSPS) is 12.6. The molecular formula is C14H19N3. The first-order valence-electron chi connectivity index (χ1n) is 6.08. The van der Waals surface area contributed by atoms with Crippen molar-refractivity contribution >= 4 is 0 Å². The Morgan fingerprint density at radius 1 is 1.29 bits per heavy atom. The van der Waals surface area contributed by atoms with Crippen LogP contribution in [0.15, 0.2) is 36.5 Å². The molecule has 17 heavy (non-hydrogen) atoms. The minimum atomic E-state index is 0.159. The van der Waals surface area contributed by atoms with Gasteiger partial charge in [-0.3, -0.25) is 4.68 Å². The first-order chi connectivity index (χ1) is 8.22. The number of rotatable bonds is 4. The molecule has 0 saturated carbocycles. The molecule has 0 fully saturated rings. The summed E-state index contributed by atoms with van der Waals surface area (Å²) in [5.41, 5.74) is 9.52. The monoisotopic (exact) mass is 229 g/mol. The molecule has 2 aromatic rings. The van der Waals surface area contributed by atoms with Crippen LogP contribution in [0.25, 0.3) is 11.3 Å². The Labute approximate surface area is 102 Å². The zero-order valence-electron chi connectivity index (χ0n) is 10.4. The Kier molecular flexibility index (Phi) is 3.59. The molecule has 0 aliphatic carbocycles. The second-order valence-electron chi connectivity index (χ2n) is 4.38. The number of hydrogen-bond donors (Lipinski definition) is 1. The van der Waals surface area contributed by atoms with Gasteiger partial charge in [0.1, 0.15) is 0 Å². The Balaban J connectivity index is 2.46. The molecule has 1 aromatic carbocycles. The van der Waals surface area contributed by atoms with Gasteiger partial charge in [0, 0.05) is 18.2 Å². The average Bonchev–Trinajstić information content (AvgIpc) is 2.72. The maximum Gasteiger partial charge on any atom is 0.0714 e. The first kappa shape index (κ1) is 11.9. The van der Waals surface area contributed by atoms with Crippen molar-refractivity contribution in [3.8, 4) is 11.3 Å². The third-order valence-electron chi connectivity index (χ3n) is 2.80. The van der Waals surface area contributed by atoms with Crippen molar-refractivity contribution in [1.29, 1.82) is 0 Å². The summed E-state index contributed by atoms with van der Waals surface area (Å²) in [6.07, 6.45) is 2.80. The fourth-order valence-electron chi connectivity index (χ4n) is 2.09. The standard InChI is InChI=1S/C14H19N3/c1-3-17-14(12-7-5-4-6-8-12)13(10-16-17)9-11(2)15/h4-8,10-11H,3,9,15H2,1-2H3. The highest BCUT2D eigenvalue weighted by molar-refractivity contribution is 5.63. The molecular weight excluding hydrogens is 210 g/mol. The number of benzene rings is 1. The lowest BCUT2D eigenvalue weighted by Gasteiger charge is -2.09. The van der Waals surface area contributed by atoms with Crippen LogP contribution < -0.4 is 5.73 Å². The van der Waals surface area contributed by atoms with Gasteiger partial charge in [-0.2, -0.15) is 5.10 Å². The van der Waals surface area contributed by atoms with Gasteiger partial charge in [0.25, 0.3) is 0 Å². The van der Waals surface area contributed by atoms with Crippen LogP contribution in [0.1, 0.15) is 19.4 Å². The van der Waals surface area contributed by atoms with Crippen molar-refractivity contribution < 1.29 is 0 Å². The van der Waals surface area contributed by atoms with Gasteiger partial charge in [-0.05, 0) is 25.8 Å². The van der Waals surface area contributed by atoms with Crippen LogP contribution in [0.4, 0.5) is 0 Å². The lowest BCUT2D eigenvalue weighted by molar-refractivity contribution is 0.665. The van der Waals surface area contributed by atoms with Gasteiger partial charge in [0.15, 0.2) is 0 Å². The third kappa shape index (κ3) is 2.56. The number of aromatic nitrogens is 2. The molecule has 3 heteroatoms. The van der Waals surface area contributed by atoms with E-state index in [4.69, 9.17) is 5.73 Å². The Morgan fingerprint density at radius 3 is 2.59 bits per heavy atom. The van der Waals surface area contributed by atoms with Gasteiger partial charge < -0.3 is 5.73 Å². The number of hydrogen-bond acceptors (Lipinski definition) is 2. The summed E-state index contributed by atoms with van der Waals surface area (Å²) in [4.78, 5) is 0. The number of nitrogens with zero attached hydrogens (tertiary/aromatic N) is 2. The van der Waals surface area contributed by atoms with E-state index in [9.17, 15) is 0 Å². The smallest absolute Gasteiger partial charge is 0.0714 e. The largest absolute Gasteiger partial charge is 0.328 e. The van der Waals surface area contributed by atoms with Crippen molar-refractivity contribution in [3.63, 3.8) is 0 Å². The fourth-order valence-corrected chi connectivity index (χ4v) is 2.09. The lowest BCUT2D eigenvalue weighted by Crippen LogP contribution is -2.18. The first-order valence-corrected chi connectivity index (χ1v) is 6.08. The second kappa shape index (κ2) is 5.15. The van der Waals surface area contributed by atoms with Crippen LogP contribution in [0.3, 0.4) is 0 Å². The molecule has 0 aliphatic heterocycles. The second-order valence-corrected chi connectivity index (χ2v) is 4.38. The molecule has 0 aliphatic rings. The molecule has 1 atom stereocenters. The van der Waals surface area contributed by atoms with Crippen molar-refractivity contribution in [2.45, 2.75) is 32.9 Å². The van der Waals surface area contributed by atoms with Crippen LogP contribution in [0, 0.1) is 0 Å². The van der Waals surface area contributed by atoms with Gasteiger partial charge in [-0.15, -0.1) is 0 Å². The minimum Gasteiger partial charge on any atom is -0.328 e. The van der Waals surface area contributed by atoms with E-state index in [-0.39, 0.29) is 6.04 Å². The maximum atomic E-state index is 5.89. The third-order valence-corrected chi connectivity index (χ3v) is 2.80. The summed E-state index contributed by atoms with van der Waals surface area (Å²) < 4.78 is 2.03. The minimum absolute atomic E-state index is 0.159. The molecule has 2 rings (SSSR count). The van der Waals surface area contributed by atoms with E-state index in [0.717, 1.165) is 13.0 Å².